The molecule has 1 aromatic carbocycles. The third kappa shape index (κ3) is 2.16. The van der Waals surface area contributed by atoms with Crippen LogP contribution >= 0.6 is 0 Å². The number of aliphatic hydroxyl groups excluding tert-OH is 1. The van der Waals surface area contributed by atoms with Crippen molar-refractivity contribution < 1.29 is 19.4 Å². The Kier molecular flexibility index (Phi) is 3.85. The molecule has 0 fully saturated rings. The van der Waals surface area contributed by atoms with E-state index >= 15 is 0 Å². The van der Waals surface area contributed by atoms with Gasteiger partial charge in [0.1, 0.15) is 17.2 Å². The maximum absolute atomic E-state index is 12.3. The van der Waals surface area contributed by atoms with Crippen LogP contribution in [0.25, 0.3) is 11.3 Å². The first-order valence-electron chi connectivity index (χ1n) is 7.16. The Labute approximate surface area is 128 Å². The van der Waals surface area contributed by atoms with Crippen LogP contribution in [0.1, 0.15) is 22.5 Å². The Balaban J connectivity index is 2.26. The van der Waals surface area contributed by atoms with Crippen LogP contribution in [0.2, 0.25) is 0 Å². The molecule has 0 saturated heterocycles. The molecule has 0 amide bonds. The first kappa shape index (κ1) is 14.6. The SMILES string of the molecule is COc1cccc(OC)c1-c1nn(CCO)c2c1C(=O)CC2. The van der Waals surface area contributed by atoms with Crippen molar-refractivity contribution in [2.24, 2.45) is 0 Å². The number of nitrogens with zero attached hydrogens (tertiary/aromatic N) is 2. The minimum Gasteiger partial charge on any atom is -0.496 e. The molecule has 1 heterocycles. The van der Waals surface area contributed by atoms with Crippen molar-refractivity contribution >= 4 is 5.78 Å². The van der Waals surface area contributed by atoms with Crippen LogP contribution in [0.5, 0.6) is 11.5 Å². The van der Waals surface area contributed by atoms with Crippen LogP contribution in [0.4, 0.5) is 0 Å². The van der Waals surface area contributed by atoms with E-state index in [9.17, 15) is 9.90 Å². The number of ketones is 1. The molecule has 1 aromatic heterocycles. The number of Topliss-reactive ketones (excluding diaryl/α,β-unsaturated/α-hetero) is 1. The van der Waals surface area contributed by atoms with Gasteiger partial charge in [-0.3, -0.25) is 9.48 Å². The first-order valence-corrected chi connectivity index (χ1v) is 7.16. The monoisotopic (exact) mass is 302 g/mol. The number of aromatic nitrogens is 2. The predicted octanol–water partition coefficient (Wildman–Crippen LogP) is 1.69. The number of carbonyl (C=O) groups excluding carboxylic acids is 1. The molecule has 22 heavy (non-hydrogen) atoms. The quantitative estimate of drug-likeness (QED) is 0.910. The van der Waals surface area contributed by atoms with Crippen molar-refractivity contribution in [3.05, 3.63) is 29.5 Å². The molecule has 3 rings (SSSR count). The van der Waals surface area contributed by atoms with E-state index in [-0.39, 0.29) is 12.4 Å². The first-order chi connectivity index (χ1) is 10.7. The van der Waals surface area contributed by atoms with Crippen LogP contribution in [0.3, 0.4) is 0 Å². The van der Waals surface area contributed by atoms with E-state index in [1.54, 1.807) is 18.9 Å². The summed E-state index contributed by atoms with van der Waals surface area (Å²) in [4.78, 5) is 12.3. The van der Waals surface area contributed by atoms with E-state index < -0.39 is 0 Å². The maximum Gasteiger partial charge on any atom is 0.167 e. The zero-order valence-electron chi connectivity index (χ0n) is 12.6. The molecular formula is C16H18N2O4. The predicted molar refractivity (Wildman–Crippen MR) is 80.5 cm³/mol. The lowest BCUT2D eigenvalue weighted by atomic mass is 10.0. The standard InChI is InChI=1S/C16H18N2O4/c1-21-12-4-3-5-13(22-2)15(12)16-14-10(6-7-11(14)20)18(17-16)8-9-19/h3-5,19H,6-9H2,1-2H3. The van der Waals surface area contributed by atoms with E-state index in [0.29, 0.717) is 47.7 Å². The van der Waals surface area contributed by atoms with Gasteiger partial charge in [0.25, 0.3) is 0 Å². The number of rotatable bonds is 5. The number of ether oxygens (including phenoxy) is 2. The van der Waals surface area contributed by atoms with Crippen LogP contribution in [0, 0.1) is 0 Å². The van der Waals surface area contributed by atoms with E-state index in [0.717, 1.165) is 5.69 Å². The molecule has 0 spiro atoms. The summed E-state index contributed by atoms with van der Waals surface area (Å²) in [5.41, 5.74) is 2.74. The summed E-state index contributed by atoms with van der Waals surface area (Å²) in [6.07, 6.45) is 1.13. The van der Waals surface area contributed by atoms with Crippen molar-refractivity contribution in [1.82, 2.24) is 9.78 Å². The molecule has 0 radical (unpaired) electrons. The van der Waals surface area contributed by atoms with Gasteiger partial charge in [-0.2, -0.15) is 5.10 Å². The zero-order chi connectivity index (χ0) is 15.7. The maximum atomic E-state index is 12.3. The highest BCUT2D eigenvalue weighted by molar-refractivity contribution is 6.06. The number of fused-ring (bicyclic) bond motifs is 1. The van der Waals surface area contributed by atoms with E-state index in [1.165, 1.54) is 0 Å². The van der Waals surface area contributed by atoms with E-state index in [2.05, 4.69) is 5.10 Å². The van der Waals surface area contributed by atoms with Gasteiger partial charge in [-0.05, 0) is 18.6 Å². The van der Waals surface area contributed by atoms with Gasteiger partial charge < -0.3 is 14.6 Å². The van der Waals surface area contributed by atoms with Crippen molar-refractivity contribution in [3.63, 3.8) is 0 Å². The fourth-order valence-electron chi connectivity index (χ4n) is 2.94. The highest BCUT2D eigenvalue weighted by Crippen LogP contribution is 2.42. The highest BCUT2D eigenvalue weighted by atomic mass is 16.5. The summed E-state index contributed by atoms with van der Waals surface area (Å²) < 4.78 is 12.5. The Morgan fingerprint density at radius 3 is 2.45 bits per heavy atom. The number of benzene rings is 1. The summed E-state index contributed by atoms with van der Waals surface area (Å²) in [6.45, 7) is 0.345. The number of hydrogen-bond acceptors (Lipinski definition) is 5. The molecule has 0 aliphatic heterocycles. The van der Waals surface area contributed by atoms with Gasteiger partial charge >= 0.3 is 0 Å². The van der Waals surface area contributed by atoms with Crippen molar-refractivity contribution in [1.29, 1.82) is 0 Å². The van der Waals surface area contributed by atoms with Gasteiger partial charge in [0.15, 0.2) is 5.78 Å². The molecule has 0 bridgehead atoms. The third-order valence-electron chi connectivity index (χ3n) is 3.90. The lowest BCUT2D eigenvalue weighted by Crippen LogP contribution is -2.07. The van der Waals surface area contributed by atoms with Crippen molar-refractivity contribution in [2.75, 3.05) is 20.8 Å². The minimum atomic E-state index is -0.0230. The average Bonchev–Trinajstić information content (AvgIpc) is 3.08. The Hall–Kier alpha value is -2.34. The topological polar surface area (TPSA) is 73.6 Å². The summed E-state index contributed by atoms with van der Waals surface area (Å²) in [5, 5.41) is 13.7. The third-order valence-corrected chi connectivity index (χ3v) is 3.90. The molecule has 2 aromatic rings. The highest BCUT2D eigenvalue weighted by Gasteiger charge is 2.32. The molecule has 0 saturated carbocycles. The Bertz CT molecular complexity index is 699. The Morgan fingerprint density at radius 1 is 1.18 bits per heavy atom. The number of methoxy groups -OCH3 is 2. The second kappa shape index (κ2) is 5.81. The molecule has 6 heteroatoms. The van der Waals surface area contributed by atoms with Crippen LogP contribution in [-0.2, 0) is 13.0 Å². The Morgan fingerprint density at radius 2 is 1.86 bits per heavy atom. The van der Waals surface area contributed by atoms with E-state index in [4.69, 9.17) is 9.47 Å². The zero-order valence-corrected chi connectivity index (χ0v) is 12.6. The van der Waals surface area contributed by atoms with Crippen LogP contribution < -0.4 is 9.47 Å². The van der Waals surface area contributed by atoms with E-state index in [1.807, 2.05) is 18.2 Å². The molecule has 0 unspecified atom stereocenters. The molecule has 6 nitrogen and oxygen atoms in total. The lowest BCUT2D eigenvalue weighted by Gasteiger charge is -2.12. The largest absolute Gasteiger partial charge is 0.496 e. The summed E-state index contributed by atoms with van der Waals surface area (Å²) in [5.74, 6) is 1.29. The van der Waals surface area contributed by atoms with Gasteiger partial charge in [-0.1, -0.05) is 6.07 Å². The van der Waals surface area contributed by atoms with Crippen LogP contribution in [0.15, 0.2) is 18.2 Å². The average molecular weight is 302 g/mol. The summed E-state index contributed by atoms with van der Waals surface area (Å²) in [7, 11) is 3.15. The molecule has 1 aliphatic carbocycles. The summed E-state index contributed by atoms with van der Waals surface area (Å²) >= 11 is 0. The van der Waals surface area contributed by atoms with Gasteiger partial charge in [-0.15, -0.1) is 0 Å². The summed E-state index contributed by atoms with van der Waals surface area (Å²) in [6, 6.07) is 5.46. The normalized spacial score (nSPS) is 13.3. The number of carbonyl (C=O) groups is 1. The van der Waals surface area contributed by atoms with Crippen molar-refractivity contribution in [2.45, 2.75) is 19.4 Å². The second-order valence-corrected chi connectivity index (χ2v) is 5.08. The molecule has 116 valence electrons. The fraction of sp³-hybridized carbons (Fsp3) is 0.375. The number of aliphatic hydroxyl groups is 1. The molecule has 1 aliphatic rings. The van der Waals surface area contributed by atoms with Gasteiger partial charge in [0.05, 0.1) is 44.2 Å². The molecule has 0 atom stereocenters. The van der Waals surface area contributed by atoms with Gasteiger partial charge in [0.2, 0.25) is 0 Å². The van der Waals surface area contributed by atoms with Gasteiger partial charge in [-0.25, -0.2) is 0 Å². The van der Waals surface area contributed by atoms with Crippen molar-refractivity contribution in [3.8, 4) is 22.8 Å². The van der Waals surface area contributed by atoms with Crippen LogP contribution in [-0.4, -0.2) is 41.5 Å². The lowest BCUT2D eigenvalue weighted by molar-refractivity contribution is 0.0995. The van der Waals surface area contributed by atoms with Gasteiger partial charge in [0, 0.05) is 6.42 Å². The minimum absolute atomic E-state index is 0.0230. The molecular weight excluding hydrogens is 284 g/mol. The smallest absolute Gasteiger partial charge is 0.167 e. The molecule has 1 N–H and O–H groups in total. The number of hydrogen-bond donors (Lipinski definition) is 1. The fourth-order valence-corrected chi connectivity index (χ4v) is 2.94. The second-order valence-electron chi connectivity index (χ2n) is 5.08.